The average molecular weight is 745 g/mol. The topological polar surface area (TPSA) is 6.48 Å². The number of nitrogens with zero attached hydrogens (tertiary/aromatic N) is 2. The summed E-state index contributed by atoms with van der Waals surface area (Å²) in [6.07, 6.45) is 0. The van der Waals surface area contributed by atoms with Crippen LogP contribution in [-0.4, -0.2) is 0 Å². The minimum absolute atomic E-state index is 1.16. The summed E-state index contributed by atoms with van der Waals surface area (Å²) in [6, 6.07) is 71.0. The molecule has 10 aromatic carbocycles. The van der Waals surface area contributed by atoms with Crippen LogP contribution in [0.3, 0.4) is 0 Å². The maximum Gasteiger partial charge on any atom is 0.0540 e. The minimum Gasteiger partial charge on any atom is -0.309 e. The fraction of sp³-hybridized carbons (Fsp3) is 0.0714. The molecule has 278 valence electrons. The average Bonchev–Trinajstić information content (AvgIpc) is 3.26. The molecule has 0 spiro atoms. The summed E-state index contributed by atoms with van der Waals surface area (Å²) in [5, 5.41) is 7.49. The summed E-state index contributed by atoms with van der Waals surface area (Å²) < 4.78 is 0. The van der Waals surface area contributed by atoms with E-state index in [1.165, 1.54) is 99.6 Å². The fourth-order valence-corrected chi connectivity index (χ4v) is 9.16. The molecule has 10 rings (SSSR count). The van der Waals surface area contributed by atoms with Gasteiger partial charge >= 0.3 is 0 Å². The standard InChI is InChI=1S/C56H44N2/c1-37-17-11-13-25-49(37)57(51-27-15-23-45(39(51)3)41-19-7-5-8-20-41)53-35-31-43-30-34-48-54(36-32-44-29-33-47(53)55(43)56(44)48)58(50-26-14-12-18-38(50)2)52-28-16-24-46(40(52)4)42-21-9-6-10-22-42/h5-36H,1-4H3. The van der Waals surface area contributed by atoms with Gasteiger partial charge in [-0.1, -0.05) is 158 Å². The zero-order valence-corrected chi connectivity index (χ0v) is 33.4. The molecular formula is C56H44N2. The van der Waals surface area contributed by atoms with Gasteiger partial charge in [-0.3, -0.25) is 0 Å². The smallest absolute Gasteiger partial charge is 0.0540 e. The Morgan fingerprint density at radius 3 is 1.05 bits per heavy atom. The third-order valence-corrected chi connectivity index (χ3v) is 12.1. The van der Waals surface area contributed by atoms with Crippen LogP contribution in [0.4, 0.5) is 34.1 Å². The van der Waals surface area contributed by atoms with Crippen LogP contribution in [0.1, 0.15) is 22.3 Å². The highest BCUT2D eigenvalue weighted by Gasteiger charge is 2.25. The predicted molar refractivity (Wildman–Crippen MR) is 249 cm³/mol. The second kappa shape index (κ2) is 14.4. The Morgan fingerprint density at radius 1 is 0.276 bits per heavy atom. The van der Waals surface area contributed by atoms with E-state index in [1.54, 1.807) is 0 Å². The van der Waals surface area contributed by atoms with Crippen LogP contribution < -0.4 is 9.80 Å². The number of benzene rings is 10. The lowest BCUT2D eigenvalue weighted by Gasteiger charge is -2.32. The lowest BCUT2D eigenvalue weighted by Crippen LogP contribution is -2.14. The first-order chi connectivity index (χ1) is 28.5. The van der Waals surface area contributed by atoms with Gasteiger partial charge in [-0.05, 0) is 130 Å². The largest absolute Gasteiger partial charge is 0.309 e. The van der Waals surface area contributed by atoms with E-state index >= 15 is 0 Å². The van der Waals surface area contributed by atoms with Gasteiger partial charge in [-0.2, -0.15) is 0 Å². The van der Waals surface area contributed by atoms with Gasteiger partial charge in [-0.15, -0.1) is 0 Å². The van der Waals surface area contributed by atoms with Crippen LogP contribution in [0.15, 0.2) is 194 Å². The Hall–Kier alpha value is -7.16. The van der Waals surface area contributed by atoms with E-state index in [4.69, 9.17) is 0 Å². The molecule has 0 aliphatic heterocycles. The Kier molecular flexibility index (Phi) is 8.76. The first kappa shape index (κ1) is 35.3. The van der Waals surface area contributed by atoms with Crippen LogP contribution in [-0.2, 0) is 0 Å². The van der Waals surface area contributed by atoms with E-state index in [0.717, 1.165) is 11.4 Å². The van der Waals surface area contributed by atoms with Crippen molar-refractivity contribution < 1.29 is 0 Å². The first-order valence-corrected chi connectivity index (χ1v) is 20.2. The second-order valence-corrected chi connectivity index (χ2v) is 15.5. The van der Waals surface area contributed by atoms with Gasteiger partial charge in [0.15, 0.2) is 0 Å². The van der Waals surface area contributed by atoms with Gasteiger partial charge in [0, 0.05) is 33.5 Å². The summed E-state index contributed by atoms with van der Waals surface area (Å²) in [5.41, 5.74) is 16.9. The highest BCUT2D eigenvalue weighted by atomic mass is 15.2. The first-order valence-electron chi connectivity index (χ1n) is 20.2. The van der Waals surface area contributed by atoms with Crippen molar-refractivity contribution in [3.05, 3.63) is 216 Å². The number of aryl methyl sites for hydroxylation is 2. The maximum absolute atomic E-state index is 2.49. The van der Waals surface area contributed by atoms with Crippen molar-refractivity contribution in [2.75, 3.05) is 9.80 Å². The monoisotopic (exact) mass is 744 g/mol. The molecule has 0 aliphatic rings. The molecule has 0 saturated heterocycles. The number of hydrogen-bond acceptors (Lipinski definition) is 2. The number of hydrogen-bond donors (Lipinski definition) is 0. The molecule has 0 radical (unpaired) electrons. The molecule has 0 N–H and O–H groups in total. The van der Waals surface area contributed by atoms with E-state index in [9.17, 15) is 0 Å². The van der Waals surface area contributed by atoms with E-state index in [2.05, 4.69) is 232 Å². The number of para-hydroxylation sites is 2. The summed E-state index contributed by atoms with van der Waals surface area (Å²) in [4.78, 5) is 4.98. The normalized spacial score (nSPS) is 11.4. The summed E-state index contributed by atoms with van der Waals surface area (Å²) in [6.45, 7) is 8.96. The molecule has 0 heterocycles. The molecule has 2 nitrogen and oxygen atoms in total. The third-order valence-electron chi connectivity index (χ3n) is 12.1. The molecule has 0 bridgehead atoms. The molecular weight excluding hydrogens is 701 g/mol. The quantitative estimate of drug-likeness (QED) is 0.143. The summed E-state index contributed by atoms with van der Waals surface area (Å²) in [7, 11) is 0. The van der Waals surface area contributed by atoms with Gasteiger partial charge in [0.05, 0.1) is 11.4 Å². The van der Waals surface area contributed by atoms with Crippen molar-refractivity contribution in [1.82, 2.24) is 0 Å². The van der Waals surface area contributed by atoms with Crippen molar-refractivity contribution in [1.29, 1.82) is 0 Å². The van der Waals surface area contributed by atoms with Crippen molar-refractivity contribution in [2.24, 2.45) is 0 Å². The van der Waals surface area contributed by atoms with Crippen LogP contribution in [0.2, 0.25) is 0 Å². The van der Waals surface area contributed by atoms with E-state index in [1.807, 2.05) is 0 Å². The van der Waals surface area contributed by atoms with Crippen LogP contribution in [0.5, 0.6) is 0 Å². The van der Waals surface area contributed by atoms with Gasteiger partial charge in [0.1, 0.15) is 0 Å². The number of anilines is 6. The molecule has 0 unspecified atom stereocenters. The Bertz CT molecular complexity index is 2900. The molecule has 0 aromatic heterocycles. The molecule has 58 heavy (non-hydrogen) atoms. The van der Waals surface area contributed by atoms with Gasteiger partial charge in [0.2, 0.25) is 0 Å². The van der Waals surface area contributed by atoms with Crippen molar-refractivity contribution in [3.8, 4) is 22.3 Å². The predicted octanol–water partition coefficient (Wildman–Crippen LogP) is 16.1. The third kappa shape index (κ3) is 5.80. The van der Waals surface area contributed by atoms with E-state index < -0.39 is 0 Å². The van der Waals surface area contributed by atoms with Gasteiger partial charge in [-0.25, -0.2) is 0 Å². The highest BCUT2D eigenvalue weighted by Crippen LogP contribution is 2.50. The lowest BCUT2D eigenvalue weighted by atomic mass is 9.91. The Balaban J connectivity index is 1.24. The Morgan fingerprint density at radius 2 is 0.638 bits per heavy atom. The zero-order valence-electron chi connectivity index (χ0n) is 33.4. The lowest BCUT2D eigenvalue weighted by molar-refractivity contribution is 1.23. The number of rotatable bonds is 8. The molecule has 0 fully saturated rings. The van der Waals surface area contributed by atoms with Crippen LogP contribution >= 0.6 is 0 Å². The van der Waals surface area contributed by atoms with Gasteiger partial charge < -0.3 is 9.80 Å². The Labute approximate surface area is 341 Å². The maximum atomic E-state index is 2.49. The highest BCUT2D eigenvalue weighted by molar-refractivity contribution is 6.28. The molecule has 0 aliphatic carbocycles. The molecule has 0 saturated carbocycles. The fourth-order valence-electron chi connectivity index (χ4n) is 9.16. The summed E-state index contributed by atoms with van der Waals surface area (Å²) in [5.74, 6) is 0. The molecule has 0 atom stereocenters. The second-order valence-electron chi connectivity index (χ2n) is 15.5. The minimum atomic E-state index is 1.16. The summed E-state index contributed by atoms with van der Waals surface area (Å²) >= 11 is 0. The molecule has 10 aromatic rings. The van der Waals surface area contributed by atoms with Crippen molar-refractivity contribution >= 4 is 66.4 Å². The van der Waals surface area contributed by atoms with Crippen LogP contribution in [0, 0.1) is 27.7 Å². The van der Waals surface area contributed by atoms with Gasteiger partial charge in [0.25, 0.3) is 0 Å². The van der Waals surface area contributed by atoms with E-state index in [-0.39, 0.29) is 0 Å². The van der Waals surface area contributed by atoms with Crippen molar-refractivity contribution in [2.45, 2.75) is 27.7 Å². The van der Waals surface area contributed by atoms with Crippen molar-refractivity contribution in [3.63, 3.8) is 0 Å². The van der Waals surface area contributed by atoms with E-state index in [0.29, 0.717) is 0 Å². The molecule has 0 amide bonds. The van der Waals surface area contributed by atoms with Crippen LogP contribution in [0.25, 0.3) is 54.6 Å². The zero-order chi connectivity index (χ0) is 39.3. The molecule has 2 heteroatoms. The SMILES string of the molecule is Cc1ccccc1N(c1cccc(-c2ccccc2)c1C)c1ccc2ccc3c(N(c4ccccc4C)c4cccc(-c5ccccc5)c4C)ccc4ccc1c2c43.